The van der Waals surface area contributed by atoms with Crippen LogP contribution in [0.25, 0.3) is 11.0 Å². The summed E-state index contributed by atoms with van der Waals surface area (Å²) < 4.78 is 13.9. The van der Waals surface area contributed by atoms with E-state index in [4.69, 9.17) is 14.6 Å². The Hall–Kier alpha value is -3.85. The van der Waals surface area contributed by atoms with Crippen LogP contribution in [0.5, 0.6) is 11.5 Å². The first-order chi connectivity index (χ1) is 16.5. The van der Waals surface area contributed by atoms with E-state index in [0.717, 1.165) is 21.7 Å². The van der Waals surface area contributed by atoms with E-state index in [1.54, 1.807) is 37.2 Å². The average Bonchev–Trinajstić information content (AvgIpc) is 3.60. The molecule has 1 atom stereocenters. The number of carbonyl (C=O) groups excluding carboxylic acids is 1. The quantitative estimate of drug-likeness (QED) is 0.424. The summed E-state index contributed by atoms with van der Waals surface area (Å²) in [6, 6.07) is 16.7. The van der Waals surface area contributed by atoms with Crippen LogP contribution in [0.4, 0.5) is 0 Å². The van der Waals surface area contributed by atoms with Crippen molar-refractivity contribution in [3.63, 3.8) is 0 Å². The number of thiophene rings is 1. The largest absolute Gasteiger partial charge is 0.493 e. The van der Waals surface area contributed by atoms with Gasteiger partial charge in [0, 0.05) is 13.5 Å². The number of hydrazone groups is 1. The van der Waals surface area contributed by atoms with E-state index in [2.05, 4.69) is 0 Å². The summed E-state index contributed by atoms with van der Waals surface area (Å²) >= 11 is 1.58. The van der Waals surface area contributed by atoms with Crippen LogP contribution in [0.3, 0.4) is 0 Å². The predicted molar refractivity (Wildman–Crippen MR) is 132 cm³/mol. The number of amides is 1. The first kappa shape index (κ1) is 22.0. The number of hydrogen-bond acceptors (Lipinski definition) is 6. The Bertz CT molecular complexity index is 1450. The average molecular weight is 477 g/mol. The summed E-state index contributed by atoms with van der Waals surface area (Å²) in [5, 5.41) is 8.21. The van der Waals surface area contributed by atoms with Crippen molar-refractivity contribution in [2.75, 3.05) is 14.2 Å². The van der Waals surface area contributed by atoms with Gasteiger partial charge in [-0.05, 0) is 41.3 Å². The predicted octanol–water partition coefficient (Wildman–Crippen LogP) is 3.80. The zero-order valence-corrected chi connectivity index (χ0v) is 19.9. The Morgan fingerprint density at radius 3 is 2.53 bits per heavy atom. The molecule has 4 aromatic rings. The Morgan fingerprint density at radius 1 is 1.06 bits per heavy atom. The molecule has 0 bridgehead atoms. The highest BCUT2D eigenvalue weighted by atomic mass is 32.1. The highest BCUT2D eigenvalue weighted by Gasteiger charge is 2.34. The van der Waals surface area contributed by atoms with Crippen LogP contribution >= 0.6 is 11.3 Å². The van der Waals surface area contributed by atoms with Gasteiger partial charge in [-0.3, -0.25) is 13.9 Å². The van der Waals surface area contributed by atoms with Gasteiger partial charge in [-0.1, -0.05) is 24.3 Å². The van der Waals surface area contributed by atoms with E-state index in [0.29, 0.717) is 23.4 Å². The van der Waals surface area contributed by atoms with Crippen molar-refractivity contribution in [2.45, 2.75) is 19.0 Å². The van der Waals surface area contributed by atoms with E-state index in [-0.39, 0.29) is 24.2 Å². The number of aromatic nitrogens is 2. The lowest BCUT2D eigenvalue weighted by Gasteiger charge is -2.23. The number of benzene rings is 2. The van der Waals surface area contributed by atoms with Crippen molar-refractivity contribution >= 4 is 34.0 Å². The molecule has 1 aliphatic rings. The lowest BCUT2D eigenvalue weighted by Crippen LogP contribution is -2.34. The summed E-state index contributed by atoms with van der Waals surface area (Å²) in [4.78, 5) is 27.5. The van der Waals surface area contributed by atoms with Crippen LogP contribution < -0.4 is 15.2 Å². The third-order valence-corrected chi connectivity index (χ3v) is 7.03. The molecule has 9 heteroatoms. The maximum absolute atomic E-state index is 13.6. The molecule has 2 aromatic carbocycles. The van der Waals surface area contributed by atoms with E-state index in [1.807, 2.05) is 60.0 Å². The number of aryl methyl sites for hydroxylation is 1. The molecule has 1 unspecified atom stereocenters. The fourth-order valence-corrected chi connectivity index (χ4v) is 5.10. The zero-order chi connectivity index (χ0) is 23.8. The van der Waals surface area contributed by atoms with Crippen molar-refractivity contribution in [2.24, 2.45) is 12.1 Å². The fraction of sp³-hybridized carbons (Fsp3) is 0.240. The first-order valence-electron chi connectivity index (χ1n) is 10.8. The van der Waals surface area contributed by atoms with Crippen molar-refractivity contribution in [3.05, 3.63) is 80.9 Å². The summed E-state index contributed by atoms with van der Waals surface area (Å²) in [5.74, 6) is 0.941. The Morgan fingerprint density at radius 2 is 1.82 bits per heavy atom. The molecule has 2 aromatic heterocycles. The molecule has 1 amide bonds. The van der Waals surface area contributed by atoms with Crippen molar-refractivity contribution in [3.8, 4) is 11.5 Å². The van der Waals surface area contributed by atoms with Crippen molar-refractivity contribution in [1.29, 1.82) is 0 Å². The first-order valence-corrected chi connectivity index (χ1v) is 11.7. The number of hydrogen-bond donors (Lipinski definition) is 0. The minimum absolute atomic E-state index is 0.106. The number of rotatable bonds is 6. The maximum atomic E-state index is 13.6. The Kier molecular flexibility index (Phi) is 5.70. The molecule has 3 heterocycles. The summed E-state index contributed by atoms with van der Waals surface area (Å²) in [6.45, 7) is -0.106. The smallest absolute Gasteiger partial charge is 0.329 e. The van der Waals surface area contributed by atoms with Crippen LogP contribution in [-0.2, 0) is 18.4 Å². The molecule has 8 nitrogen and oxygen atoms in total. The lowest BCUT2D eigenvalue weighted by molar-refractivity contribution is -0.133. The molecule has 0 saturated heterocycles. The van der Waals surface area contributed by atoms with Gasteiger partial charge in [0.25, 0.3) is 5.91 Å². The summed E-state index contributed by atoms with van der Waals surface area (Å²) in [7, 11) is 4.88. The molecular weight excluding hydrogens is 452 g/mol. The molecule has 0 radical (unpaired) electrons. The number of para-hydroxylation sites is 2. The van der Waals surface area contributed by atoms with Gasteiger partial charge in [-0.2, -0.15) is 5.10 Å². The van der Waals surface area contributed by atoms with E-state index in [9.17, 15) is 9.59 Å². The molecule has 5 rings (SSSR count). The topological polar surface area (TPSA) is 78.1 Å². The highest BCUT2D eigenvalue weighted by molar-refractivity contribution is 7.12. The van der Waals surface area contributed by atoms with Gasteiger partial charge in [0.1, 0.15) is 6.54 Å². The number of nitrogens with zero attached hydrogens (tertiary/aromatic N) is 4. The molecule has 1 aliphatic heterocycles. The van der Waals surface area contributed by atoms with Gasteiger partial charge in [-0.15, -0.1) is 11.3 Å². The van der Waals surface area contributed by atoms with Gasteiger partial charge in [0.15, 0.2) is 11.5 Å². The zero-order valence-electron chi connectivity index (χ0n) is 19.1. The number of ether oxygens (including phenoxy) is 2. The standard InChI is InChI=1S/C25H24N4O4S/c1-27-18-7-4-5-8-19(18)28(25(27)31)15-24(30)29-20(14-17(26-29)23-9-6-12-34-23)16-10-11-21(32-2)22(13-16)33-3/h4-13,20H,14-15H2,1-3H3. The van der Waals surface area contributed by atoms with Crippen LogP contribution in [0, 0.1) is 0 Å². The number of methoxy groups -OCH3 is 2. The van der Waals surface area contributed by atoms with Crippen LogP contribution in [0.1, 0.15) is 22.9 Å². The van der Waals surface area contributed by atoms with Crippen molar-refractivity contribution in [1.82, 2.24) is 14.1 Å². The molecular formula is C25H24N4O4S. The monoisotopic (exact) mass is 476 g/mol. The normalized spacial score (nSPS) is 15.6. The molecule has 34 heavy (non-hydrogen) atoms. The number of imidazole rings is 1. The van der Waals surface area contributed by atoms with E-state index >= 15 is 0 Å². The van der Waals surface area contributed by atoms with Gasteiger partial charge in [-0.25, -0.2) is 9.80 Å². The Labute approximate surface area is 200 Å². The lowest BCUT2D eigenvalue weighted by atomic mass is 10.0. The third kappa shape index (κ3) is 3.67. The minimum atomic E-state index is -0.324. The van der Waals surface area contributed by atoms with Crippen LogP contribution in [0.2, 0.25) is 0 Å². The van der Waals surface area contributed by atoms with Gasteiger partial charge >= 0.3 is 5.69 Å². The Balaban J connectivity index is 1.53. The fourth-order valence-electron chi connectivity index (χ4n) is 4.38. The SMILES string of the molecule is COc1ccc(C2CC(c3cccs3)=NN2C(=O)Cn2c(=O)n(C)c3ccccc32)cc1OC. The summed E-state index contributed by atoms with van der Waals surface area (Å²) in [5.41, 5.74) is 2.98. The molecule has 174 valence electrons. The molecule has 0 N–H and O–H groups in total. The van der Waals surface area contributed by atoms with Crippen LogP contribution in [0.15, 0.2) is 69.9 Å². The second-order valence-corrected chi connectivity index (χ2v) is 8.96. The number of fused-ring (bicyclic) bond motifs is 1. The highest BCUT2D eigenvalue weighted by Crippen LogP contribution is 2.38. The molecule has 0 aliphatic carbocycles. The van der Waals surface area contributed by atoms with Gasteiger partial charge in [0.05, 0.1) is 41.9 Å². The van der Waals surface area contributed by atoms with Gasteiger partial charge < -0.3 is 9.47 Å². The van der Waals surface area contributed by atoms with E-state index in [1.165, 1.54) is 9.58 Å². The van der Waals surface area contributed by atoms with Gasteiger partial charge in [0.2, 0.25) is 0 Å². The summed E-state index contributed by atoms with van der Waals surface area (Å²) in [6.07, 6.45) is 0.562. The number of carbonyl (C=O) groups is 1. The third-order valence-electron chi connectivity index (χ3n) is 6.11. The second-order valence-electron chi connectivity index (χ2n) is 8.01. The molecule has 0 saturated carbocycles. The van der Waals surface area contributed by atoms with Crippen molar-refractivity contribution < 1.29 is 14.3 Å². The molecule has 0 fully saturated rings. The minimum Gasteiger partial charge on any atom is -0.493 e. The van der Waals surface area contributed by atoms with Crippen LogP contribution in [-0.4, -0.2) is 40.0 Å². The van der Waals surface area contributed by atoms with E-state index < -0.39 is 0 Å². The molecule has 0 spiro atoms. The second kappa shape index (κ2) is 8.83. The maximum Gasteiger partial charge on any atom is 0.329 e.